The first-order valence-electron chi connectivity index (χ1n) is 5.31. The lowest BCUT2D eigenvalue weighted by Gasteiger charge is -2.03. The van der Waals surface area contributed by atoms with Crippen molar-refractivity contribution in [1.29, 1.82) is 0 Å². The molecule has 0 unspecified atom stereocenters. The van der Waals surface area contributed by atoms with Crippen molar-refractivity contribution < 1.29 is 13.6 Å². The van der Waals surface area contributed by atoms with Gasteiger partial charge in [-0.25, -0.2) is 0 Å². The summed E-state index contributed by atoms with van der Waals surface area (Å²) in [4.78, 5) is 12.5. The fraction of sp³-hybridized carbons (Fsp3) is 0.0714. The number of hydrogen-bond donors (Lipinski definition) is 0. The number of alkyl halides is 2. The van der Waals surface area contributed by atoms with E-state index in [0.717, 1.165) is 0 Å². The van der Waals surface area contributed by atoms with Crippen LogP contribution >= 0.6 is 11.8 Å². The number of rotatable bonds is 4. The van der Waals surface area contributed by atoms with Crippen LogP contribution in [0.1, 0.15) is 15.9 Å². The molecule has 0 amide bonds. The molecule has 2 aromatic rings. The molecule has 0 N–H and O–H groups in total. The van der Waals surface area contributed by atoms with E-state index in [1.165, 1.54) is 12.1 Å². The van der Waals surface area contributed by atoms with Crippen molar-refractivity contribution in [2.75, 3.05) is 0 Å². The Kier molecular flexibility index (Phi) is 4.10. The van der Waals surface area contributed by atoms with E-state index in [2.05, 4.69) is 0 Å². The molecule has 2 rings (SSSR count). The molecule has 1 nitrogen and oxygen atoms in total. The van der Waals surface area contributed by atoms with Crippen LogP contribution in [0, 0.1) is 0 Å². The van der Waals surface area contributed by atoms with Gasteiger partial charge in [-0.2, -0.15) is 8.78 Å². The highest BCUT2D eigenvalue weighted by Crippen LogP contribution is 2.25. The maximum absolute atomic E-state index is 12.1. The van der Waals surface area contributed by atoms with Gasteiger partial charge in [0, 0.05) is 16.0 Å². The molecule has 2 aromatic carbocycles. The summed E-state index contributed by atoms with van der Waals surface area (Å²) in [5.41, 5.74) is 1.09. The molecule has 0 heterocycles. The number of thioether (sulfide) groups is 1. The van der Waals surface area contributed by atoms with Crippen LogP contribution in [0.25, 0.3) is 0 Å². The molecular formula is C14H10F2OS. The lowest BCUT2D eigenvalue weighted by atomic mass is 10.0. The van der Waals surface area contributed by atoms with E-state index in [9.17, 15) is 13.6 Å². The average Bonchev–Trinajstić information content (AvgIpc) is 2.39. The lowest BCUT2D eigenvalue weighted by Crippen LogP contribution is -2.00. The van der Waals surface area contributed by atoms with Gasteiger partial charge in [0.05, 0.1) is 0 Å². The minimum absolute atomic E-state index is 0.107. The highest BCUT2D eigenvalue weighted by atomic mass is 32.2. The molecule has 0 saturated heterocycles. The smallest absolute Gasteiger partial charge is 0.288 e. The molecule has 0 saturated carbocycles. The molecule has 0 radical (unpaired) electrons. The van der Waals surface area contributed by atoms with Crippen LogP contribution < -0.4 is 0 Å². The van der Waals surface area contributed by atoms with Crippen LogP contribution in [0.5, 0.6) is 0 Å². The molecule has 0 fully saturated rings. The van der Waals surface area contributed by atoms with Crippen molar-refractivity contribution in [2.24, 2.45) is 0 Å². The standard InChI is InChI=1S/C14H10F2OS/c15-14(16)18-12-8-6-11(7-9-12)13(17)10-4-2-1-3-5-10/h1-9,14H. The van der Waals surface area contributed by atoms with Crippen molar-refractivity contribution in [3.63, 3.8) is 0 Å². The Morgan fingerprint density at radius 2 is 1.44 bits per heavy atom. The first-order chi connectivity index (χ1) is 8.66. The zero-order valence-electron chi connectivity index (χ0n) is 9.35. The number of carbonyl (C=O) groups excluding carboxylic acids is 1. The number of benzene rings is 2. The third kappa shape index (κ3) is 3.17. The van der Waals surface area contributed by atoms with Gasteiger partial charge in [0.2, 0.25) is 0 Å². The van der Waals surface area contributed by atoms with Crippen molar-refractivity contribution in [3.05, 3.63) is 65.7 Å². The molecule has 0 atom stereocenters. The monoisotopic (exact) mass is 264 g/mol. The van der Waals surface area contributed by atoms with Crippen LogP contribution in [0.15, 0.2) is 59.5 Å². The van der Waals surface area contributed by atoms with Gasteiger partial charge < -0.3 is 0 Å². The van der Waals surface area contributed by atoms with Crippen LogP contribution in [-0.4, -0.2) is 11.5 Å². The van der Waals surface area contributed by atoms with Crippen LogP contribution in [0.4, 0.5) is 8.78 Å². The molecule has 0 aliphatic heterocycles. The van der Waals surface area contributed by atoms with Crippen molar-refractivity contribution in [2.45, 2.75) is 10.7 Å². The minimum atomic E-state index is -2.44. The van der Waals surface area contributed by atoms with Crippen molar-refractivity contribution in [1.82, 2.24) is 0 Å². The summed E-state index contributed by atoms with van der Waals surface area (Å²) in [7, 11) is 0. The Morgan fingerprint density at radius 1 is 0.889 bits per heavy atom. The second kappa shape index (κ2) is 5.78. The summed E-state index contributed by atoms with van der Waals surface area (Å²) < 4.78 is 24.3. The predicted octanol–water partition coefficient (Wildman–Crippen LogP) is 4.23. The zero-order chi connectivity index (χ0) is 13.0. The summed E-state index contributed by atoms with van der Waals surface area (Å²) in [6.07, 6.45) is 0. The average molecular weight is 264 g/mol. The second-order valence-corrected chi connectivity index (χ2v) is 4.66. The van der Waals surface area contributed by atoms with Gasteiger partial charge >= 0.3 is 0 Å². The van der Waals surface area contributed by atoms with Crippen LogP contribution in [0.2, 0.25) is 0 Å². The van der Waals surface area contributed by atoms with Gasteiger partial charge in [-0.1, -0.05) is 42.1 Å². The fourth-order valence-corrected chi connectivity index (χ4v) is 2.04. The molecule has 0 spiro atoms. The summed E-state index contributed by atoms with van der Waals surface area (Å²) in [6, 6.07) is 15.1. The highest BCUT2D eigenvalue weighted by molar-refractivity contribution is 7.99. The molecule has 4 heteroatoms. The van der Waals surface area contributed by atoms with Gasteiger partial charge in [0.15, 0.2) is 5.78 Å². The van der Waals surface area contributed by atoms with Crippen LogP contribution in [-0.2, 0) is 0 Å². The van der Waals surface area contributed by atoms with Crippen molar-refractivity contribution >= 4 is 17.5 Å². The van der Waals surface area contributed by atoms with Gasteiger partial charge in [-0.15, -0.1) is 0 Å². The number of ketones is 1. The third-order valence-corrected chi connectivity index (χ3v) is 3.10. The Morgan fingerprint density at radius 3 is 2.00 bits per heavy atom. The largest absolute Gasteiger partial charge is 0.289 e. The first kappa shape index (κ1) is 12.8. The van der Waals surface area contributed by atoms with E-state index in [-0.39, 0.29) is 5.78 Å². The van der Waals surface area contributed by atoms with E-state index < -0.39 is 5.76 Å². The Balaban J connectivity index is 2.17. The molecular weight excluding hydrogens is 254 g/mol. The normalized spacial score (nSPS) is 10.6. The van der Waals surface area contributed by atoms with E-state index in [1.807, 2.05) is 6.07 Å². The summed E-state index contributed by atoms with van der Waals surface area (Å²) in [5, 5.41) is 0. The predicted molar refractivity (Wildman–Crippen MR) is 68.2 cm³/mol. The van der Waals surface area contributed by atoms with Gasteiger partial charge in [0.1, 0.15) is 0 Å². The number of hydrogen-bond acceptors (Lipinski definition) is 2. The van der Waals surface area contributed by atoms with Crippen molar-refractivity contribution in [3.8, 4) is 0 Å². The van der Waals surface area contributed by atoms with Crippen LogP contribution in [0.3, 0.4) is 0 Å². The molecule has 18 heavy (non-hydrogen) atoms. The molecule has 0 aromatic heterocycles. The second-order valence-electron chi connectivity index (χ2n) is 3.60. The van der Waals surface area contributed by atoms with Gasteiger partial charge in [-0.05, 0) is 24.3 Å². The molecule has 0 aliphatic rings. The lowest BCUT2D eigenvalue weighted by molar-refractivity contribution is 0.103. The molecule has 0 aliphatic carbocycles. The van der Waals surface area contributed by atoms with E-state index in [0.29, 0.717) is 27.8 Å². The Hall–Kier alpha value is -1.68. The topological polar surface area (TPSA) is 17.1 Å². The SMILES string of the molecule is O=C(c1ccccc1)c1ccc(SC(F)F)cc1. The summed E-state index contributed by atoms with van der Waals surface area (Å²) in [6.45, 7) is 0. The summed E-state index contributed by atoms with van der Waals surface area (Å²) in [5.74, 6) is -2.55. The number of carbonyl (C=O) groups is 1. The third-order valence-electron chi connectivity index (χ3n) is 2.38. The zero-order valence-corrected chi connectivity index (χ0v) is 10.2. The number of halogens is 2. The molecule has 92 valence electrons. The first-order valence-corrected chi connectivity index (χ1v) is 6.19. The Bertz CT molecular complexity index is 523. The fourth-order valence-electron chi connectivity index (χ4n) is 1.54. The van der Waals surface area contributed by atoms with E-state index in [4.69, 9.17) is 0 Å². The quantitative estimate of drug-likeness (QED) is 0.607. The van der Waals surface area contributed by atoms with Gasteiger partial charge in [0.25, 0.3) is 5.76 Å². The van der Waals surface area contributed by atoms with E-state index in [1.54, 1.807) is 36.4 Å². The summed E-state index contributed by atoms with van der Waals surface area (Å²) >= 11 is 0.470. The maximum atomic E-state index is 12.1. The van der Waals surface area contributed by atoms with E-state index >= 15 is 0 Å². The van der Waals surface area contributed by atoms with Gasteiger partial charge in [-0.3, -0.25) is 4.79 Å². The Labute approximate surface area is 108 Å². The highest BCUT2D eigenvalue weighted by Gasteiger charge is 2.09. The maximum Gasteiger partial charge on any atom is 0.288 e. The molecule has 0 bridgehead atoms. The minimum Gasteiger partial charge on any atom is -0.289 e.